The van der Waals surface area contributed by atoms with Gasteiger partial charge in [0.15, 0.2) is 0 Å². The summed E-state index contributed by atoms with van der Waals surface area (Å²) in [6, 6.07) is 2.06. The average Bonchev–Trinajstić information content (AvgIpc) is 2.26. The first-order valence-corrected chi connectivity index (χ1v) is 5.74. The van der Waals surface area contributed by atoms with Crippen molar-refractivity contribution in [3.8, 4) is 0 Å². The van der Waals surface area contributed by atoms with Crippen LogP contribution in [-0.4, -0.2) is 22.1 Å². The molecule has 0 amide bonds. The molecule has 0 saturated heterocycles. The van der Waals surface area contributed by atoms with Crippen LogP contribution in [0.4, 0.5) is 17.6 Å². The van der Waals surface area contributed by atoms with Crippen molar-refractivity contribution in [2.45, 2.75) is 24.8 Å². The van der Waals surface area contributed by atoms with Crippen LogP contribution in [0.2, 0.25) is 0 Å². The van der Waals surface area contributed by atoms with Crippen LogP contribution in [0.5, 0.6) is 0 Å². The first-order chi connectivity index (χ1) is 8.27. The number of hydrogen-bond acceptors (Lipinski definition) is 3. The monoisotopic (exact) mass is 284 g/mol. The van der Waals surface area contributed by atoms with E-state index >= 15 is 0 Å². The fraction of sp³-hybridized carbons (Fsp3) is 0.455. The number of rotatable bonds is 4. The fourth-order valence-electron chi connectivity index (χ4n) is 1.46. The summed E-state index contributed by atoms with van der Waals surface area (Å²) in [6.07, 6.45) is -7.27. The normalized spacial score (nSPS) is 15.5. The summed E-state index contributed by atoms with van der Waals surface area (Å²) >= 11 is 3.85. The van der Waals surface area contributed by atoms with Gasteiger partial charge in [-0.2, -0.15) is 25.8 Å². The highest BCUT2D eigenvalue weighted by atomic mass is 32.1. The van der Waals surface area contributed by atoms with Gasteiger partial charge < -0.3 is 10.2 Å². The first kappa shape index (κ1) is 15.3. The van der Waals surface area contributed by atoms with E-state index < -0.39 is 29.8 Å². The Balaban J connectivity index is 2.97. The lowest BCUT2D eigenvalue weighted by Crippen LogP contribution is -2.19. The lowest BCUT2D eigenvalue weighted by Gasteiger charge is -2.18. The second-order valence-electron chi connectivity index (χ2n) is 3.76. The Morgan fingerprint density at radius 2 is 1.83 bits per heavy atom. The molecular weight excluding hydrogens is 272 g/mol. The fourth-order valence-corrected chi connectivity index (χ4v) is 1.72. The molecule has 1 aromatic rings. The van der Waals surface area contributed by atoms with Crippen LogP contribution in [-0.2, 0) is 6.18 Å². The third kappa shape index (κ3) is 3.60. The molecule has 2 nitrogen and oxygen atoms in total. The minimum Gasteiger partial charge on any atom is -0.390 e. The highest BCUT2D eigenvalue weighted by molar-refractivity contribution is 7.80. The van der Waals surface area contributed by atoms with Crippen LogP contribution in [0.15, 0.2) is 18.2 Å². The van der Waals surface area contributed by atoms with E-state index in [0.29, 0.717) is 17.9 Å². The molecule has 0 fully saturated rings. The second-order valence-corrected chi connectivity index (χ2v) is 4.21. The van der Waals surface area contributed by atoms with Crippen molar-refractivity contribution in [3.05, 3.63) is 35.1 Å². The molecule has 0 saturated carbocycles. The summed E-state index contributed by atoms with van der Waals surface area (Å²) in [5.74, 6) is -1.18. The molecule has 0 aliphatic rings. The van der Waals surface area contributed by atoms with Gasteiger partial charge >= 0.3 is 6.18 Å². The standard InChI is InChI=1S/C11H12F4O2S/c12-8-5-6(10(17)9(16)3-4-18)1-2-7(8)11(13,14)15/h1-2,5,9-10,16-18H,3-4H2. The van der Waals surface area contributed by atoms with Gasteiger partial charge in [-0.25, -0.2) is 4.39 Å². The summed E-state index contributed by atoms with van der Waals surface area (Å²) in [6.45, 7) is 0. The van der Waals surface area contributed by atoms with Gasteiger partial charge in [-0.15, -0.1) is 0 Å². The largest absolute Gasteiger partial charge is 0.419 e. The van der Waals surface area contributed by atoms with E-state index in [2.05, 4.69) is 12.6 Å². The van der Waals surface area contributed by atoms with Gasteiger partial charge in [0.05, 0.1) is 11.7 Å². The Morgan fingerprint density at radius 3 is 2.28 bits per heavy atom. The zero-order chi connectivity index (χ0) is 13.9. The minimum absolute atomic E-state index is 0.102. The number of thiol groups is 1. The van der Waals surface area contributed by atoms with Gasteiger partial charge in [0, 0.05) is 0 Å². The van der Waals surface area contributed by atoms with Gasteiger partial charge in [0.2, 0.25) is 0 Å². The molecule has 102 valence electrons. The van der Waals surface area contributed by atoms with E-state index in [4.69, 9.17) is 0 Å². The molecule has 0 radical (unpaired) electrons. The van der Waals surface area contributed by atoms with Crippen molar-refractivity contribution in [3.63, 3.8) is 0 Å². The van der Waals surface area contributed by atoms with E-state index in [0.717, 1.165) is 6.07 Å². The topological polar surface area (TPSA) is 40.5 Å². The summed E-state index contributed by atoms with van der Waals surface area (Å²) in [5.41, 5.74) is -1.50. The Labute approximate surface area is 107 Å². The molecule has 0 aromatic heterocycles. The predicted octanol–water partition coefficient (Wildman–Crippen LogP) is 2.56. The Kier molecular flexibility index (Phi) is 5.01. The predicted molar refractivity (Wildman–Crippen MR) is 60.8 cm³/mol. The van der Waals surface area contributed by atoms with Crippen LogP contribution < -0.4 is 0 Å². The highest BCUT2D eigenvalue weighted by Crippen LogP contribution is 2.33. The number of hydrogen-bond donors (Lipinski definition) is 3. The number of aliphatic hydroxyl groups is 2. The van der Waals surface area contributed by atoms with Crippen molar-refractivity contribution in [1.82, 2.24) is 0 Å². The van der Waals surface area contributed by atoms with E-state index in [1.54, 1.807) is 0 Å². The van der Waals surface area contributed by atoms with Gasteiger partial charge in [0.25, 0.3) is 0 Å². The van der Waals surface area contributed by atoms with Crippen LogP contribution in [0, 0.1) is 5.82 Å². The summed E-state index contributed by atoms with van der Waals surface area (Å²) in [4.78, 5) is 0. The molecule has 7 heteroatoms. The van der Waals surface area contributed by atoms with Crippen LogP contribution in [0.25, 0.3) is 0 Å². The molecule has 0 aliphatic heterocycles. The molecule has 2 atom stereocenters. The van der Waals surface area contributed by atoms with Gasteiger partial charge in [-0.3, -0.25) is 0 Å². The van der Waals surface area contributed by atoms with Gasteiger partial charge in [0.1, 0.15) is 11.9 Å². The molecule has 0 heterocycles. The zero-order valence-corrected chi connectivity index (χ0v) is 10.0. The molecule has 0 spiro atoms. The average molecular weight is 284 g/mol. The third-order valence-corrected chi connectivity index (χ3v) is 2.69. The second kappa shape index (κ2) is 5.90. The molecular formula is C11H12F4O2S. The molecule has 2 N–H and O–H groups in total. The SMILES string of the molecule is OC(CCS)C(O)c1ccc(C(F)(F)F)c(F)c1. The molecule has 0 aliphatic carbocycles. The Hall–Kier alpha value is -0.790. The van der Waals surface area contributed by atoms with Crippen molar-refractivity contribution >= 4 is 12.6 Å². The van der Waals surface area contributed by atoms with Gasteiger partial charge in [-0.1, -0.05) is 6.07 Å². The molecule has 18 heavy (non-hydrogen) atoms. The summed E-state index contributed by atoms with van der Waals surface area (Å²) in [5, 5.41) is 19.1. The number of aliphatic hydroxyl groups excluding tert-OH is 2. The van der Waals surface area contributed by atoms with Crippen molar-refractivity contribution in [2.24, 2.45) is 0 Å². The van der Waals surface area contributed by atoms with E-state index in [9.17, 15) is 27.8 Å². The number of halogens is 4. The highest BCUT2D eigenvalue weighted by Gasteiger charge is 2.34. The van der Waals surface area contributed by atoms with Crippen LogP contribution in [0.1, 0.15) is 23.7 Å². The maximum atomic E-state index is 13.2. The van der Waals surface area contributed by atoms with E-state index in [1.807, 2.05) is 0 Å². The maximum absolute atomic E-state index is 13.2. The molecule has 0 bridgehead atoms. The first-order valence-electron chi connectivity index (χ1n) is 5.11. The smallest absolute Gasteiger partial charge is 0.390 e. The molecule has 1 rings (SSSR count). The Bertz CT molecular complexity index is 409. The van der Waals surface area contributed by atoms with E-state index in [-0.39, 0.29) is 12.0 Å². The zero-order valence-electron chi connectivity index (χ0n) is 9.15. The summed E-state index contributed by atoms with van der Waals surface area (Å²) < 4.78 is 50.1. The molecule has 1 aromatic carbocycles. The quantitative estimate of drug-likeness (QED) is 0.587. The maximum Gasteiger partial charge on any atom is 0.419 e. The Morgan fingerprint density at radius 1 is 1.22 bits per heavy atom. The van der Waals surface area contributed by atoms with Crippen molar-refractivity contribution in [2.75, 3.05) is 5.75 Å². The minimum atomic E-state index is -4.78. The third-order valence-electron chi connectivity index (χ3n) is 2.43. The van der Waals surface area contributed by atoms with Crippen molar-refractivity contribution < 1.29 is 27.8 Å². The van der Waals surface area contributed by atoms with Crippen LogP contribution in [0.3, 0.4) is 0 Å². The number of alkyl halides is 3. The van der Waals surface area contributed by atoms with Crippen LogP contribution >= 0.6 is 12.6 Å². The number of benzene rings is 1. The van der Waals surface area contributed by atoms with E-state index in [1.165, 1.54) is 0 Å². The summed E-state index contributed by atoms with van der Waals surface area (Å²) in [7, 11) is 0. The lowest BCUT2D eigenvalue weighted by atomic mass is 10.0. The lowest BCUT2D eigenvalue weighted by molar-refractivity contribution is -0.140. The molecule has 2 unspecified atom stereocenters. The van der Waals surface area contributed by atoms with Crippen molar-refractivity contribution in [1.29, 1.82) is 0 Å². The van der Waals surface area contributed by atoms with Gasteiger partial charge in [-0.05, 0) is 29.9 Å².